The van der Waals surface area contributed by atoms with Crippen molar-refractivity contribution in [1.29, 1.82) is 0 Å². The third kappa shape index (κ3) is 4.44. The first-order chi connectivity index (χ1) is 15.0. The van der Waals surface area contributed by atoms with E-state index in [-0.39, 0.29) is 11.7 Å². The molecule has 172 valence electrons. The van der Waals surface area contributed by atoms with Crippen LogP contribution in [0, 0.1) is 0 Å². The van der Waals surface area contributed by atoms with Crippen LogP contribution in [0.1, 0.15) is 110 Å². The van der Waals surface area contributed by atoms with Gasteiger partial charge in [-0.3, -0.25) is 4.79 Å². The van der Waals surface area contributed by atoms with Crippen molar-refractivity contribution in [2.75, 3.05) is 0 Å². The lowest BCUT2D eigenvalue weighted by molar-refractivity contribution is -0.137. The smallest absolute Gasteiger partial charge is 0.416 e. The minimum Gasteiger partial charge on any atom is -0.487 e. The van der Waals surface area contributed by atoms with Crippen molar-refractivity contribution < 1.29 is 22.7 Å². The molecule has 0 bridgehead atoms. The van der Waals surface area contributed by atoms with Crippen LogP contribution < -0.4 is 4.74 Å². The fourth-order valence-electron chi connectivity index (χ4n) is 5.31. The number of benzene rings is 2. The number of hydrogen-bond donors (Lipinski definition) is 0. The molecule has 4 rings (SSSR count). The molecule has 2 aromatic rings. The standard InChI is InChI=1S/C27H31F3O2/c1-16(2)20-14-23-25(22(31)15-26(3,4)32-23)24(18-7-5-6-8-18)21(20)13-17-9-11-19(12-10-17)27(28,29)30/h9-12,14,16,18H,5-8,13,15H2,1-4H3. The molecule has 1 aliphatic heterocycles. The third-order valence-corrected chi connectivity index (χ3v) is 6.77. The van der Waals surface area contributed by atoms with Crippen LogP contribution in [0.5, 0.6) is 5.75 Å². The van der Waals surface area contributed by atoms with E-state index < -0.39 is 17.3 Å². The van der Waals surface area contributed by atoms with Crippen LogP contribution in [0.25, 0.3) is 0 Å². The minimum absolute atomic E-state index is 0.113. The summed E-state index contributed by atoms with van der Waals surface area (Å²) >= 11 is 0. The zero-order valence-electron chi connectivity index (χ0n) is 19.2. The highest BCUT2D eigenvalue weighted by Crippen LogP contribution is 2.47. The molecule has 0 amide bonds. The summed E-state index contributed by atoms with van der Waals surface area (Å²) < 4.78 is 45.4. The lowest BCUT2D eigenvalue weighted by Gasteiger charge is -2.35. The van der Waals surface area contributed by atoms with Crippen LogP contribution in [0.15, 0.2) is 30.3 Å². The van der Waals surface area contributed by atoms with E-state index in [9.17, 15) is 18.0 Å². The summed E-state index contributed by atoms with van der Waals surface area (Å²) in [4.78, 5) is 13.3. The van der Waals surface area contributed by atoms with Crippen LogP contribution >= 0.6 is 0 Å². The van der Waals surface area contributed by atoms with Crippen molar-refractivity contribution in [3.8, 4) is 5.75 Å². The third-order valence-electron chi connectivity index (χ3n) is 6.77. The number of carbonyl (C=O) groups excluding carboxylic acids is 1. The van der Waals surface area contributed by atoms with E-state index in [4.69, 9.17) is 4.74 Å². The molecular weight excluding hydrogens is 413 g/mol. The van der Waals surface area contributed by atoms with Crippen LogP contribution in [-0.4, -0.2) is 11.4 Å². The predicted octanol–water partition coefficient (Wildman–Crippen LogP) is 7.82. The molecule has 0 atom stereocenters. The van der Waals surface area contributed by atoms with Gasteiger partial charge in [-0.05, 0) is 85.4 Å². The quantitative estimate of drug-likeness (QED) is 0.480. The van der Waals surface area contributed by atoms with E-state index in [0.29, 0.717) is 30.1 Å². The Morgan fingerprint density at radius 2 is 1.72 bits per heavy atom. The summed E-state index contributed by atoms with van der Waals surface area (Å²) in [6, 6.07) is 7.43. The molecule has 0 aromatic heterocycles. The maximum atomic E-state index is 13.3. The molecule has 1 aliphatic carbocycles. The Bertz CT molecular complexity index is 1010. The molecule has 0 spiro atoms. The Morgan fingerprint density at radius 1 is 1.09 bits per heavy atom. The fraction of sp³-hybridized carbons (Fsp3) is 0.519. The first kappa shape index (κ1) is 22.9. The number of fused-ring (bicyclic) bond motifs is 1. The van der Waals surface area contributed by atoms with Gasteiger partial charge in [0.2, 0.25) is 0 Å². The second-order valence-electron chi connectivity index (χ2n) is 10.2. The van der Waals surface area contributed by atoms with Crippen LogP contribution in [-0.2, 0) is 12.6 Å². The van der Waals surface area contributed by atoms with Gasteiger partial charge in [0.1, 0.15) is 11.4 Å². The maximum Gasteiger partial charge on any atom is 0.416 e. The molecule has 0 saturated heterocycles. The number of halogens is 3. The minimum atomic E-state index is -4.35. The van der Waals surface area contributed by atoms with Crippen molar-refractivity contribution >= 4 is 5.78 Å². The summed E-state index contributed by atoms with van der Waals surface area (Å²) in [5.74, 6) is 1.28. The number of ether oxygens (including phenoxy) is 1. The van der Waals surface area contributed by atoms with Gasteiger partial charge in [-0.15, -0.1) is 0 Å². The molecule has 0 unspecified atom stereocenters. The van der Waals surface area contributed by atoms with Crippen molar-refractivity contribution in [2.45, 2.75) is 89.8 Å². The highest BCUT2D eigenvalue weighted by molar-refractivity contribution is 6.02. The normalized spacial score (nSPS) is 18.7. The topological polar surface area (TPSA) is 26.3 Å². The lowest BCUT2D eigenvalue weighted by Crippen LogP contribution is -2.37. The maximum absolute atomic E-state index is 13.3. The van der Waals surface area contributed by atoms with Crippen molar-refractivity contribution in [3.63, 3.8) is 0 Å². The molecule has 0 N–H and O–H groups in total. The molecule has 1 saturated carbocycles. The van der Waals surface area contributed by atoms with Crippen molar-refractivity contribution in [1.82, 2.24) is 0 Å². The second-order valence-corrected chi connectivity index (χ2v) is 10.2. The van der Waals surface area contributed by atoms with E-state index in [1.54, 1.807) is 12.1 Å². The average Bonchev–Trinajstić information content (AvgIpc) is 3.21. The molecule has 1 fully saturated rings. The summed E-state index contributed by atoms with van der Waals surface area (Å²) in [6.45, 7) is 8.11. The van der Waals surface area contributed by atoms with Gasteiger partial charge in [-0.1, -0.05) is 38.8 Å². The fourth-order valence-corrected chi connectivity index (χ4v) is 5.31. The first-order valence-corrected chi connectivity index (χ1v) is 11.5. The molecule has 2 aromatic carbocycles. The Hall–Kier alpha value is -2.30. The van der Waals surface area contributed by atoms with Gasteiger partial charge in [0.05, 0.1) is 17.5 Å². The van der Waals surface area contributed by atoms with E-state index in [2.05, 4.69) is 13.8 Å². The molecular formula is C27H31F3O2. The van der Waals surface area contributed by atoms with Gasteiger partial charge in [-0.2, -0.15) is 13.2 Å². The van der Waals surface area contributed by atoms with Gasteiger partial charge in [-0.25, -0.2) is 0 Å². The van der Waals surface area contributed by atoms with E-state index in [1.165, 1.54) is 0 Å². The Morgan fingerprint density at radius 3 is 2.28 bits per heavy atom. The van der Waals surface area contributed by atoms with Crippen LogP contribution in [0.4, 0.5) is 13.2 Å². The van der Waals surface area contributed by atoms with E-state index in [0.717, 1.165) is 60.1 Å². The highest BCUT2D eigenvalue weighted by Gasteiger charge is 2.38. The van der Waals surface area contributed by atoms with Gasteiger partial charge in [0.25, 0.3) is 0 Å². The summed E-state index contributed by atoms with van der Waals surface area (Å²) in [5, 5.41) is 0. The van der Waals surface area contributed by atoms with E-state index >= 15 is 0 Å². The zero-order valence-corrected chi connectivity index (χ0v) is 19.2. The molecule has 1 heterocycles. The summed E-state index contributed by atoms with van der Waals surface area (Å²) in [5.41, 5.74) is 3.66. The van der Waals surface area contributed by atoms with E-state index in [1.807, 2.05) is 19.9 Å². The Balaban J connectivity index is 1.87. The zero-order chi connectivity index (χ0) is 23.3. The number of Topliss-reactive ketones (excluding diaryl/α,β-unsaturated/α-hetero) is 1. The first-order valence-electron chi connectivity index (χ1n) is 11.5. The predicted molar refractivity (Wildman–Crippen MR) is 120 cm³/mol. The van der Waals surface area contributed by atoms with Crippen molar-refractivity contribution in [3.05, 3.63) is 63.7 Å². The second kappa shape index (κ2) is 8.24. The Labute approximate surface area is 188 Å². The molecule has 2 aliphatic rings. The number of alkyl halides is 3. The van der Waals surface area contributed by atoms with Gasteiger partial charge >= 0.3 is 6.18 Å². The monoisotopic (exact) mass is 444 g/mol. The summed E-state index contributed by atoms with van der Waals surface area (Å²) in [6.07, 6.45) is 0.827. The van der Waals surface area contributed by atoms with Crippen LogP contribution in [0.3, 0.4) is 0 Å². The van der Waals surface area contributed by atoms with Gasteiger partial charge in [0.15, 0.2) is 5.78 Å². The largest absolute Gasteiger partial charge is 0.487 e. The lowest BCUT2D eigenvalue weighted by atomic mass is 9.77. The van der Waals surface area contributed by atoms with Gasteiger partial charge < -0.3 is 4.74 Å². The highest BCUT2D eigenvalue weighted by atomic mass is 19.4. The molecule has 2 nitrogen and oxygen atoms in total. The number of ketones is 1. The Kier molecular flexibility index (Phi) is 5.89. The number of hydrogen-bond acceptors (Lipinski definition) is 2. The number of rotatable bonds is 4. The SMILES string of the molecule is CC(C)c1cc2c(c(C3CCCC3)c1Cc1ccc(C(F)(F)F)cc1)C(=O)CC(C)(C)O2. The summed E-state index contributed by atoms with van der Waals surface area (Å²) in [7, 11) is 0. The van der Waals surface area contributed by atoms with Crippen LogP contribution in [0.2, 0.25) is 0 Å². The molecule has 0 radical (unpaired) electrons. The number of carbonyl (C=O) groups is 1. The molecule has 5 heteroatoms. The van der Waals surface area contributed by atoms with Gasteiger partial charge in [0, 0.05) is 0 Å². The molecule has 32 heavy (non-hydrogen) atoms. The average molecular weight is 445 g/mol. The van der Waals surface area contributed by atoms with Crippen molar-refractivity contribution in [2.24, 2.45) is 0 Å².